The van der Waals surface area contributed by atoms with Gasteiger partial charge >= 0.3 is 0 Å². The minimum absolute atomic E-state index is 0.728. The molecule has 0 saturated carbocycles. The molecule has 0 unspecified atom stereocenters. The van der Waals surface area contributed by atoms with Crippen molar-refractivity contribution < 1.29 is 0 Å². The van der Waals surface area contributed by atoms with E-state index in [0.717, 1.165) is 23.6 Å². The van der Waals surface area contributed by atoms with Gasteiger partial charge in [-0.15, -0.1) is 0 Å². The molecule has 70 valence electrons. The van der Waals surface area contributed by atoms with E-state index in [1.165, 1.54) is 0 Å². The predicted molar refractivity (Wildman–Crippen MR) is 51.6 cm³/mol. The second kappa shape index (κ2) is 3.91. The Morgan fingerprint density at radius 1 is 1.07 bits per heavy atom. The highest BCUT2D eigenvalue weighted by atomic mass is 14.9. The molecule has 0 N–H and O–H groups in total. The van der Waals surface area contributed by atoms with E-state index in [4.69, 9.17) is 0 Å². The molecule has 4 heteroatoms. The van der Waals surface area contributed by atoms with Crippen molar-refractivity contribution in [3.63, 3.8) is 0 Å². The van der Waals surface area contributed by atoms with E-state index in [-0.39, 0.29) is 0 Å². The van der Waals surface area contributed by atoms with Gasteiger partial charge in [-0.1, -0.05) is 0 Å². The van der Waals surface area contributed by atoms with Gasteiger partial charge in [-0.2, -0.15) is 0 Å². The van der Waals surface area contributed by atoms with Gasteiger partial charge in [0.2, 0.25) is 0 Å². The number of aryl methyl sites for hydroxylation is 1. The zero-order valence-electron chi connectivity index (χ0n) is 7.88. The van der Waals surface area contributed by atoms with Gasteiger partial charge in [-0.25, -0.2) is 19.9 Å². The summed E-state index contributed by atoms with van der Waals surface area (Å²) in [7, 11) is 0. The Hall–Kier alpha value is -1.84. The number of aromatic nitrogens is 4. The SMILES string of the molecule is Cc1nccc(Cc2ccncn2)n1. The highest BCUT2D eigenvalue weighted by molar-refractivity contribution is 5.12. The van der Waals surface area contributed by atoms with Crippen LogP contribution in [-0.2, 0) is 6.42 Å². The second-order valence-electron chi connectivity index (χ2n) is 2.97. The third kappa shape index (κ3) is 2.10. The first-order chi connectivity index (χ1) is 6.84. The van der Waals surface area contributed by atoms with Crippen LogP contribution in [0.5, 0.6) is 0 Å². The Labute approximate surface area is 82.1 Å². The lowest BCUT2D eigenvalue weighted by Gasteiger charge is -1.99. The Balaban J connectivity index is 2.19. The van der Waals surface area contributed by atoms with Crippen LogP contribution in [0.3, 0.4) is 0 Å². The molecular formula is C10H10N4. The summed E-state index contributed by atoms with van der Waals surface area (Å²) in [6, 6.07) is 3.78. The van der Waals surface area contributed by atoms with E-state index < -0.39 is 0 Å². The van der Waals surface area contributed by atoms with E-state index >= 15 is 0 Å². The molecular weight excluding hydrogens is 176 g/mol. The Bertz CT molecular complexity index is 413. The smallest absolute Gasteiger partial charge is 0.125 e. The molecule has 0 bridgehead atoms. The highest BCUT2D eigenvalue weighted by Crippen LogP contribution is 2.02. The van der Waals surface area contributed by atoms with Crippen LogP contribution in [0.1, 0.15) is 17.2 Å². The molecule has 2 aromatic rings. The van der Waals surface area contributed by atoms with Crippen LogP contribution in [0, 0.1) is 6.92 Å². The second-order valence-corrected chi connectivity index (χ2v) is 2.97. The fourth-order valence-corrected chi connectivity index (χ4v) is 1.21. The van der Waals surface area contributed by atoms with Crippen LogP contribution in [0.25, 0.3) is 0 Å². The molecule has 2 rings (SSSR count). The Morgan fingerprint density at radius 2 is 1.93 bits per heavy atom. The number of nitrogens with zero attached hydrogens (tertiary/aromatic N) is 4. The summed E-state index contributed by atoms with van der Waals surface area (Å²) in [6.45, 7) is 1.88. The van der Waals surface area contributed by atoms with Crippen molar-refractivity contribution in [1.29, 1.82) is 0 Å². The summed E-state index contributed by atoms with van der Waals surface area (Å²) in [5.74, 6) is 0.788. The zero-order valence-corrected chi connectivity index (χ0v) is 7.88. The van der Waals surface area contributed by atoms with E-state index in [9.17, 15) is 0 Å². The van der Waals surface area contributed by atoms with Crippen molar-refractivity contribution >= 4 is 0 Å². The van der Waals surface area contributed by atoms with Gasteiger partial charge in [0.1, 0.15) is 12.2 Å². The number of hydrogen-bond donors (Lipinski definition) is 0. The number of hydrogen-bond acceptors (Lipinski definition) is 4. The van der Waals surface area contributed by atoms with Crippen LogP contribution >= 0.6 is 0 Å². The van der Waals surface area contributed by atoms with Gasteiger partial charge in [-0.05, 0) is 19.1 Å². The minimum atomic E-state index is 0.728. The maximum Gasteiger partial charge on any atom is 0.125 e. The van der Waals surface area contributed by atoms with E-state index in [1.54, 1.807) is 18.7 Å². The highest BCUT2D eigenvalue weighted by Gasteiger charge is 1.98. The zero-order chi connectivity index (χ0) is 9.80. The van der Waals surface area contributed by atoms with Crippen LogP contribution < -0.4 is 0 Å². The predicted octanol–water partition coefficient (Wildman–Crippen LogP) is 1.17. The first-order valence-electron chi connectivity index (χ1n) is 4.38. The van der Waals surface area contributed by atoms with Crippen LogP contribution in [0.4, 0.5) is 0 Å². The van der Waals surface area contributed by atoms with Gasteiger partial charge in [-0.3, -0.25) is 0 Å². The van der Waals surface area contributed by atoms with E-state index in [2.05, 4.69) is 19.9 Å². The lowest BCUT2D eigenvalue weighted by molar-refractivity contribution is 0.936. The van der Waals surface area contributed by atoms with Gasteiger partial charge in [0.05, 0.1) is 5.69 Å². The maximum absolute atomic E-state index is 4.30. The molecule has 2 heterocycles. The topological polar surface area (TPSA) is 51.6 Å². The average molecular weight is 186 g/mol. The molecule has 0 radical (unpaired) electrons. The third-order valence-corrected chi connectivity index (χ3v) is 1.84. The van der Waals surface area contributed by atoms with Crippen LogP contribution in [0.2, 0.25) is 0 Å². The number of rotatable bonds is 2. The van der Waals surface area contributed by atoms with E-state index in [1.807, 2.05) is 19.1 Å². The summed E-state index contributed by atoms with van der Waals surface area (Å²) in [6.07, 6.45) is 5.77. The summed E-state index contributed by atoms with van der Waals surface area (Å²) in [5, 5.41) is 0. The molecule has 0 aliphatic rings. The summed E-state index contributed by atoms with van der Waals surface area (Å²) in [4.78, 5) is 16.3. The molecule has 0 aliphatic heterocycles. The maximum atomic E-state index is 4.30. The van der Waals surface area contributed by atoms with Crippen molar-refractivity contribution in [3.8, 4) is 0 Å². The molecule has 0 aromatic carbocycles. The van der Waals surface area contributed by atoms with Crippen molar-refractivity contribution in [1.82, 2.24) is 19.9 Å². The first kappa shape index (κ1) is 8.74. The van der Waals surface area contributed by atoms with Gasteiger partial charge in [0, 0.05) is 24.5 Å². The Kier molecular flexibility index (Phi) is 2.44. The molecule has 4 nitrogen and oxygen atoms in total. The minimum Gasteiger partial charge on any atom is -0.245 e. The molecule has 0 atom stereocenters. The van der Waals surface area contributed by atoms with Crippen molar-refractivity contribution in [2.75, 3.05) is 0 Å². The molecule has 0 amide bonds. The van der Waals surface area contributed by atoms with Gasteiger partial charge < -0.3 is 0 Å². The molecule has 0 aliphatic carbocycles. The summed E-state index contributed by atoms with van der Waals surface area (Å²) in [5.41, 5.74) is 1.95. The lowest BCUT2D eigenvalue weighted by Crippen LogP contribution is -1.97. The average Bonchev–Trinajstić information content (AvgIpc) is 2.19. The first-order valence-corrected chi connectivity index (χ1v) is 4.38. The van der Waals surface area contributed by atoms with E-state index in [0.29, 0.717) is 0 Å². The standard InChI is InChI=1S/C10H10N4/c1-8-12-5-3-10(14-8)6-9-2-4-11-7-13-9/h2-5,7H,6H2,1H3. The molecule has 0 spiro atoms. The van der Waals surface area contributed by atoms with Gasteiger partial charge in [0.15, 0.2) is 0 Å². The monoisotopic (exact) mass is 186 g/mol. The van der Waals surface area contributed by atoms with Crippen molar-refractivity contribution in [2.24, 2.45) is 0 Å². The summed E-state index contributed by atoms with van der Waals surface area (Å²) < 4.78 is 0. The molecule has 0 fully saturated rings. The summed E-state index contributed by atoms with van der Waals surface area (Å²) >= 11 is 0. The van der Waals surface area contributed by atoms with Crippen molar-refractivity contribution in [3.05, 3.63) is 48.1 Å². The fourth-order valence-electron chi connectivity index (χ4n) is 1.21. The lowest BCUT2D eigenvalue weighted by atomic mass is 10.2. The van der Waals surface area contributed by atoms with Crippen LogP contribution in [0.15, 0.2) is 30.9 Å². The molecule has 0 saturated heterocycles. The van der Waals surface area contributed by atoms with Gasteiger partial charge in [0.25, 0.3) is 0 Å². The quantitative estimate of drug-likeness (QED) is 0.706. The van der Waals surface area contributed by atoms with Crippen LogP contribution in [-0.4, -0.2) is 19.9 Å². The largest absolute Gasteiger partial charge is 0.245 e. The third-order valence-electron chi connectivity index (χ3n) is 1.84. The Morgan fingerprint density at radius 3 is 2.64 bits per heavy atom. The fraction of sp³-hybridized carbons (Fsp3) is 0.200. The normalized spacial score (nSPS) is 10.1. The molecule has 2 aromatic heterocycles. The van der Waals surface area contributed by atoms with Crippen molar-refractivity contribution in [2.45, 2.75) is 13.3 Å². The molecule has 14 heavy (non-hydrogen) atoms.